The van der Waals surface area contributed by atoms with Crippen LogP contribution in [-0.4, -0.2) is 14.9 Å². The molecule has 0 bridgehead atoms. The van der Waals surface area contributed by atoms with Crippen molar-refractivity contribution < 1.29 is 17.7 Å². The first-order valence-electron chi connectivity index (χ1n) is 8.75. The SMILES string of the molecule is Fc1ccc(-c2onc3ccc(-c4ccnn4-c4ccc(F)cc4F)cc23)cc1. The van der Waals surface area contributed by atoms with E-state index in [1.807, 2.05) is 12.1 Å². The number of hydrogen-bond donors (Lipinski definition) is 0. The Morgan fingerprint density at radius 2 is 1.52 bits per heavy atom. The molecule has 0 radical (unpaired) electrons. The lowest BCUT2D eigenvalue weighted by molar-refractivity contribution is 0.441. The van der Waals surface area contributed by atoms with Crippen LogP contribution in [-0.2, 0) is 0 Å². The minimum absolute atomic E-state index is 0.135. The van der Waals surface area contributed by atoms with Gasteiger partial charge in [-0.3, -0.25) is 0 Å². The summed E-state index contributed by atoms with van der Waals surface area (Å²) in [6, 6.07) is 16.4. The van der Waals surface area contributed by atoms with Crippen LogP contribution in [0.5, 0.6) is 0 Å². The van der Waals surface area contributed by atoms with Gasteiger partial charge in [0.15, 0.2) is 11.6 Å². The van der Waals surface area contributed by atoms with Gasteiger partial charge in [-0.25, -0.2) is 17.9 Å². The van der Waals surface area contributed by atoms with Gasteiger partial charge in [0.25, 0.3) is 0 Å². The fourth-order valence-corrected chi connectivity index (χ4v) is 3.28. The zero-order valence-electron chi connectivity index (χ0n) is 14.8. The highest BCUT2D eigenvalue weighted by Gasteiger charge is 2.16. The van der Waals surface area contributed by atoms with E-state index in [-0.39, 0.29) is 11.5 Å². The summed E-state index contributed by atoms with van der Waals surface area (Å²) in [7, 11) is 0. The van der Waals surface area contributed by atoms with E-state index in [2.05, 4.69) is 10.3 Å². The molecule has 5 rings (SSSR count). The third-order valence-electron chi connectivity index (χ3n) is 4.66. The van der Waals surface area contributed by atoms with E-state index in [9.17, 15) is 13.2 Å². The summed E-state index contributed by atoms with van der Waals surface area (Å²) < 4.78 is 47.7. The molecule has 142 valence electrons. The van der Waals surface area contributed by atoms with Crippen LogP contribution in [0.4, 0.5) is 13.2 Å². The Bertz CT molecular complexity index is 1340. The lowest BCUT2D eigenvalue weighted by atomic mass is 10.0. The molecule has 0 amide bonds. The van der Waals surface area contributed by atoms with Crippen LogP contribution in [0, 0.1) is 17.5 Å². The highest BCUT2D eigenvalue weighted by molar-refractivity contribution is 5.94. The average Bonchev–Trinajstić information content (AvgIpc) is 3.35. The molecule has 3 aromatic carbocycles. The number of benzene rings is 3. The van der Waals surface area contributed by atoms with Crippen molar-refractivity contribution in [3.63, 3.8) is 0 Å². The minimum Gasteiger partial charge on any atom is -0.355 e. The molecule has 0 aliphatic heterocycles. The predicted molar refractivity (Wildman–Crippen MR) is 102 cm³/mol. The third kappa shape index (κ3) is 2.97. The Balaban J connectivity index is 1.65. The second-order valence-electron chi connectivity index (χ2n) is 6.47. The molecule has 0 aliphatic carbocycles. The number of halogens is 3. The Hall–Kier alpha value is -3.87. The van der Waals surface area contributed by atoms with E-state index >= 15 is 0 Å². The monoisotopic (exact) mass is 391 g/mol. The van der Waals surface area contributed by atoms with Crippen molar-refractivity contribution in [2.45, 2.75) is 0 Å². The van der Waals surface area contributed by atoms with E-state index in [0.29, 0.717) is 22.5 Å². The van der Waals surface area contributed by atoms with E-state index in [4.69, 9.17) is 4.52 Å². The van der Waals surface area contributed by atoms with Crippen molar-refractivity contribution in [3.05, 3.63) is 90.4 Å². The van der Waals surface area contributed by atoms with E-state index < -0.39 is 11.6 Å². The number of rotatable bonds is 3. The summed E-state index contributed by atoms with van der Waals surface area (Å²) in [6.07, 6.45) is 1.54. The molecule has 0 aliphatic rings. The number of hydrogen-bond acceptors (Lipinski definition) is 3. The van der Waals surface area contributed by atoms with Crippen LogP contribution >= 0.6 is 0 Å². The summed E-state index contributed by atoms with van der Waals surface area (Å²) in [5.74, 6) is -1.22. The van der Waals surface area contributed by atoms with E-state index in [0.717, 1.165) is 17.0 Å². The van der Waals surface area contributed by atoms with E-state index in [1.165, 1.54) is 35.1 Å². The lowest BCUT2D eigenvalue weighted by Crippen LogP contribution is -2.02. The summed E-state index contributed by atoms with van der Waals surface area (Å²) in [4.78, 5) is 0. The van der Waals surface area contributed by atoms with Gasteiger partial charge in [-0.15, -0.1) is 0 Å². The maximum Gasteiger partial charge on any atom is 0.174 e. The Labute approximate surface area is 162 Å². The number of aromatic nitrogens is 3. The summed E-state index contributed by atoms with van der Waals surface area (Å²) in [5, 5.41) is 8.96. The fraction of sp³-hybridized carbons (Fsp3) is 0. The van der Waals surface area contributed by atoms with E-state index in [1.54, 1.807) is 24.3 Å². The molecule has 0 saturated carbocycles. The number of fused-ring (bicyclic) bond motifs is 1. The third-order valence-corrected chi connectivity index (χ3v) is 4.66. The fourth-order valence-electron chi connectivity index (χ4n) is 3.28. The van der Waals surface area contributed by atoms with Crippen LogP contribution in [0.3, 0.4) is 0 Å². The van der Waals surface area contributed by atoms with Crippen LogP contribution in [0.2, 0.25) is 0 Å². The van der Waals surface area contributed by atoms with Gasteiger partial charge < -0.3 is 4.52 Å². The van der Waals surface area contributed by atoms with Gasteiger partial charge in [-0.1, -0.05) is 11.2 Å². The molecule has 29 heavy (non-hydrogen) atoms. The van der Waals surface area contributed by atoms with Crippen molar-refractivity contribution in [1.82, 2.24) is 14.9 Å². The molecular weight excluding hydrogens is 379 g/mol. The van der Waals surface area contributed by atoms with Crippen molar-refractivity contribution >= 4 is 10.9 Å². The number of nitrogens with zero attached hydrogens (tertiary/aromatic N) is 3. The maximum absolute atomic E-state index is 14.3. The minimum atomic E-state index is -0.715. The second kappa shape index (κ2) is 6.63. The van der Waals surface area contributed by atoms with Gasteiger partial charge in [0.2, 0.25) is 0 Å². The molecule has 0 atom stereocenters. The van der Waals surface area contributed by atoms with Crippen molar-refractivity contribution in [2.24, 2.45) is 0 Å². The largest absolute Gasteiger partial charge is 0.355 e. The highest BCUT2D eigenvalue weighted by Crippen LogP contribution is 2.33. The summed E-state index contributed by atoms with van der Waals surface area (Å²) in [6.45, 7) is 0. The second-order valence-corrected chi connectivity index (χ2v) is 6.47. The predicted octanol–water partition coefficient (Wildman–Crippen LogP) is 5.76. The molecule has 0 unspecified atom stereocenters. The standard InChI is InChI=1S/C22H12F3N3O/c23-15-4-1-13(2-5-15)22-17-11-14(3-7-19(17)27-29-22)20-9-10-26-28(20)21-8-6-16(24)12-18(21)25/h1-12H. The van der Waals surface area contributed by atoms with Crippen molar-refractivity contribution in [3.8, 4) is 28.3 Å². The first kappa shape index (κ1) is 17.2. The average molecular weight is 391 g/mol. The van der Waals surface area contributed by atoms with Crippen LogP contribution in [0.15, 0.2) is 77.4 Å². The molecule has 7 heteroatoms. The summed E-state index contributed by atoms with van der Waals surface area (Å²) in [5.41, 5.74) is 2.81. The Morgan fingerprint density at radius 3 is 2.31 bits per heavy atom. The zero-order valence-corrected chi connectivity index (χ0v) is 14.8. The van der Waals surface area contributed by atoms with Crippen molar-refractivity contribution in [2.75, 3.05) is 0 Å². The highest BCUT2D eigenvalue weighted by atomic mass is 19.1. The smallest absolute Gasteiger partial charge is 0.174 e. The quantitative estimate of drug-likeness (QED) is 0.392. The lowest BCUT2D eigenvalue weighted by Gasteiger charge is -2.09. The molecule has 2 heterocycles. The molecular formula is C22H12F3N3O. The summed E-state index contributed by atoms with van der Waals surface area (Å²) >= 11 is 0. The molecule has 0 N–H and O–H groups in total. The first-order valence-corrected chi connectivity index (χ1v) is 8.75. The molecule has 0 spiro atoms. The Kier molecular flexibility index (Phi) is 3.94. The Morgan fingerprint density at radius 1 is 0.759 bits per heavy atom. The first-order chi connectivity index (χ1) is 14.1. The topological polar surface area (TPSA) is 43.9 Å². The van der Waals surface area contributed by atoms with Crippen LogP contribution < -0.4 is 0 Å². The molecule has 0 saturated heterocycles. The molecule has 0 fully saturated rings. The van der Waals surface area contributed by atoms with Gasteiger partial charge >= 0.3 is 0 Å². The van der Waals surface area contributed by atoms with Gasteiger partial charge in [-0.2, -0.15) is 5.10 Å². The van der Waals surface area contributed by atoms with Crippen molar-refractivity contribution in [1.29, 1.82) is 0 Å². The van der Waals surface area contributed by atoms with Gasteiger partial charge in [0, 0.05) is 17.2 Å². The maximum atomic E-state index is 14.3. The molecule has 2 aromatic heterocycles. The molecule has 5 aromatic rings. The van der Waals surface area contributed by atoms with Gasteiger partial charge in [0.05, 0.1) is 17.3 Å². The van der Waals surface area contributed by atoms with Gasteiger partial charge in [-0.05, 0) is 54.6 Å². The zero-order chi connectivity index (χ0) is 20.0. The normalized spacial score (nSPS) is 11.3. The van der Waals surface area contributed by atoms with Gasteiger partial charge in [0.1, 0.15) is 22.8 Å². The van der Waals surface area contributed by atoms with Crippen LogP contribution in [0.25, 0.3) is 39.2 Å². The molecule has 4 nitrogen and oxygen atoms in total. The van der Waals surface area contributed by atoms with Crippen LogP contribution in [0.1, 0.15) is 0 Å².